The molecule has 1 aliphatic rings. The Morgan fingerprint density at radius 2 is 1.52 bits per heavy atom. The fourth-order valence-corrected chi connectivity index (χ4v) is 6.52. The number of aromatic carboxylic acids is 1. The summed E-state index contributed by atoms with van der Waals surface area (Å²) in [6.45, 7) is 0.278. The Hall–Kier alpha value is -4.52. The average Bonchev–Trinajstić information content (AvgIpc) is 3.13. The molecule has 250 valence electrons. The summed E-state index contributed by atoms with van der Waals surface area (Å²) in [5.74, 6) is -1.15. The van der Waals surface area contributed by atoms with E-state index in [1.807, 2.05) is 78.9 Å². The number of amides is 2. The molecule has 0 unspecified atom stereocenters. The Balaban J connectivity index is 1.31. The van der Waals surface area contributed by atoms with Crippen LogP contribution in [0, 0.1) is 0 Å². The third-order valence-corrected chi connectivity index (χ3v) is 9.20. The number of hydroxylamine groups is 1. The van der Waals surface area contributed by atoms with Crippen LogP contribution >= 0.6 is 11.8 Å². The molecular weight excluding hydrogens is 632 g/mol. The molecule has 4 aromatic carbocycles. The highest BCUT2D eigenvalue weighted by molar-refractivity contribution is 7.99. The van der Waals surface area contributed by atoms with Crippen LogP contribution in [0.4, 0.5) is 0 Å². The first-order valence-electron chi connectivity index (χ1n) is 15.7. The van der Waals surface area contributed by atoms with E-state index in [4.69, 9.17) is 14.7 Å². The van der Waals surface area contributed by atoms with Gasteiger partial charge in [-0.15, -0.1) is 11.8 Å². The minimum atomic E-state index is -0.973. The van der Waals surface area contributed by atoms with E-state index in [-0.39, 0.29) is 43.1 Å². The van der Waals surface area contributed by atoms with E-state index in [0.29, 0.717) is 30.0 Å². The molecule has 1 saturated heterocycles. The average molecular weight is 671 g/mol. The first-order chi connectivity index (χ1) is 23.3. The van der Waals surface area contributed by atoms with E-state index in [1.54, 1.807) is 23.7 Å². The van der Waals surface area contributed by atoms with Crippen LogP contribution in [0.5, 0.6) is 0 Å². The van der Waals surface area contributed by atoms with Gasteiger partial charge in [0.05, 0.1) is 24.4 Å². The van der Waals surface area contributed by atoms with E-state index < -0.39 is 18.2 Å². The fourth-order valence-electron chi connectivity index (χ4n) is 5.45. The van der Waals surface area contributed by atoms with E-state index in [9.17, 15) is 24.6 Å². The molecule has 48 heavy (non-hydrogen) atoms. The number of aliphatic hydroxyl groups is 1. The molecule has 0 saturated carbocycles. The second kappa shape index (κ2) is 17.0. The highest BCUT2D eigenvalue weighted by atomic mass is 32.2. The van der Waals surface area contributed by atoms with Crippen molar-refractivity contribution >= 4 is 29.5 Å². The summed E-state index contributed by atoms with van der Waals surface area (Å²) in [6.07, 6.45) is -0.0675. The maximum Gasteiger partial charge on any atom is 0.336 e. The molecule has 0 aliphatic carbocycles. The molecule has 0 bridgehead atoms. The molecule has 0 spiro atoms. The number of carboxylic acids is 1. The maximum absolute atomic E-state index is 12.3. The smallest absolute Gasteiger partial charge is 0.336 e. The van der Waals surface area contributed by atoms with Crippen molar-refractivity contribution in [2.75, 3.05) is 5.75 Å². The summed E-state index contributed by atoms with van der Waals surface area (Å²) in [5, 5.41) is 30.7. The minimum absolute atomic E-state index is 0.0499. The van der Waals surface area contributed by atoms with Crippen LogP contribution in [0.15, 0.2) is 102 Å². The third kappa shape index (κ3) is 9.52. The Bertz CT molecular complexity index is 1710. The Morgan fingerprint density at radius 3 is 2.27 bits per heavy atom. The van der Waals surface area contributed by atoms with Gasteiger partial charge in [-0.3, -0.25) is 14.8 Å². The standard InChI is InChI=1S/C37H38N2O8S/c40-22-24-14-16-26(17-15-24)32-20-30(23-48-33-11-2-1-10-31(33)36(43)44)46-37(47-32)29-9-4-8-28(19-29)27-7-3-6-25(18-27)21-38-34(41)12-5-13-35(42)39-45/h1-4,6-11,14-19,30,32,37,40,45H,5,12-13,20-23H2,(H,38,41)(H,39,42)(H,43,44)/t30-,32+,37+/m1/s1. The number of thioether (sulfide) groups is 1. The van der Waals surface area contributed by atoms with Crippen molar-refractivity contribution in [1.29, 1.82) is 0 Å². The lowest BCUT2D eigenvalue weighted by atomic mass is 9.99. The van der Waals surface area contributed by atoms with Crippen molar-refractivity contribution in [1.82, 2.24) is 10.8 Å². The summed E-state index contributed by atoms with van der Waals surface area (Å²) in [5.41, 5.74) is 7.22. The number of hydrogen-bond acceptors (Lipinski definition) is 8. The number of rotatable bonds is 14. The molecule has 0 radical (unpaired) electrons. The molecule has 11 heteroatoms. The Labute approximate surface area is 283 Å². The molecule has 0 aromatic heterocycles. The number of carboxylic acid groups (broad SMARTS) is 1. The molecule has 2 amide bonds. The van der Waals surface area contributed by atoms with Gasteiger partial charge in [0.1, 0.15) is 0 Å². The lowest BCUT2D eigenvalue weighted by molar-refractivity contribution is -0.245. The molecular formula is C37H38N2O8S. The Morgan fingerprint density at radius 1 is 0.792 bits per heavy atom. The SMILES string of the molecule is O=C(CCCC(=O)NCc1cccc(-c2cccc([C@H]3O[C@@H](CSc4ccccc4C(=O)O)C[C@@H](c4ccc(CO)cc4)O3)c2)c1)NO. The summed E-state index contributed by atoms with van der Waals surface area (Å²) in [7, 11) is 0. The van der Waals surface area contributed by atoms with E-state index >= 15 is 0 Å². The minimum Gasteiger partial charge on any atom is -0.478 e. The highest BCUT2D eigenvalue weighted by Crippen LogP contribution is 2.40. The normalized spacial score (nSPS) is 17.4. The van der Waals surface area contributed by atoms with Crippen molar-refractivity contribution in [2.24, 2.45) is 0 Å². The number of ether oxygens (including phenoxy) is 2. The number of hydrogen-bond donors (Lipinski definition) is 5. The molecule has 1 heterocycles. The topological polar surface area (TPSA) is 154 Å². The molecule has 1 fully saturated rings. The van der Waals surface area contributed by atoms with Crippen LogP contribution < -0.4 is 10.8 Å². The van der Waals surface area contributed by atoms with Crippen LogP contribution in [-0.2, 0) is 32.2 Å². The van der Waals surface area contributed by atoms with Gasteiger partial charge in [-0.1, -0.05) is 72.8 Å². The molecule has 4 aromatic rings. The van der Waals surface area contributed by atoms with Crippen molar-refractivity contribution in [3.8, 4) is 11.1 Å². The van der Waals surface area contributed by atoms with Gasteiger partial charge in [-0.05, 0) is 58.5 Å². The molecule has 1 aliphatic heterocycles. The van der Waals surface area contributed by atoms with Gasteiger partial charge in [0.2, 0.25) is 11.8 Å². The number of carbonyl (C=O) groups is 3. The van der Waals surface area contributed by atoms with Gasteiger partial charge < -0.3 is 25.0 Å². The van der Waals surface area contributed by atoms with Gasteiger partial charge in [-0.2, -0.15) is 0 Å². The predicted molar refractivity (Wildman–Crippen MR) is 180 cm³/mol. The van der Waals surface area contributed by atoms with E-state index in [0.717, 1.165) is 33.4 Å². The maximum atomic E-state index is 12.3. The van der Waals surface area contributed by atoms with Gasteiger partial charge in [-0.25, -0.2) is 10.3 Å². The van der Waals surface area contributed by atoms with Gasteiger partial charge in [0, 0.05) is 42.0 Å². The largest absolute Gasteiger partial charge is 0.478 e. The molecule has 5 rings (SSSR count). The van der Waals surface area contributed by atoms with Crippen molar-refractivity contribution in [3.63, 3.8) is 0 Å². The highest BCUT2D eigenvalue weighted by Gasteiger charge is 2.32. The lowest BCUT2D eigenvalue weighted by Crippen LogP contribution is -2.31. The predicted octanol–water partition coefficient (Wildman–Crippen LogP) is 6.17. The zero-order chi connectivity index (χ0) is 33.9. The number of benzene rings is 4. The van der Waals surface area contributed by atoms with E-state index in [1.165, 1.54) is 11.8 Å². The van der Waals surface area contributed by atoms with Crippen LogP contribution in [0.25, 0.3) is 11.1 Å². The zero-order valence-corrected chi connectivity index (χ0v) is 27.0. The molecule has 3 atom stereocenters. The number of aliphatic hydroxyl groups excluding tert-OH is 1. The van der Waals surface area contributed by atoms with Crippen LogP contribution in [-0.4, -0.2) is 45.1 Å². The number of carbonyl (C=O) groups excluding carboxylic acids is 2. The van der Waals surface area contributed by atoms with Crippen LogP contribution in [0.3, 0.4) is 0 Å². The molecule has 10 nitrogen and oxygen atoms in total. The first-order valence-corrected chi connectivity index (χ1v) is 16.7. The summed E-state index contributed by atoms with van der Waals surface area (Å²) < 4.78 is 13.0. The number of nitrogens with one attached hydrogen (secondary N) is 2. The fraction of sp³-hybridized carbons (Fsp3) is 0.270. The zero-order valence-electron chi connectivity index (χ0n) is 26.2. The van der Waals surface area contributed by atoms with Gasteiger partial charge in [0.25, 0.3) is 0 Å². The monoisotopic (exact) mass is 670 g/mol. The summed E-state index contributed by atoms with van der Waals surface area (Å²) in [6, 6.07) is 30.4. The summed E-state index contributed by atoms with van der Waals surface area (Å²) >= 11 is 1.44. The third-order valence-electron chi connectivity index (χ3n) is 8.00. The molecule has 5 N–H and O–H groups in total. The van der Waals surface area contributed by atoms with Gasteiger partial charge in [0.15, 0.2) is 6.29 Å². The Kier molecular flexibility index (Phi) is 12.4. The van der Waals surface area contributed by atoms with Crippen molar-refractivity contribution < 1.29 is 39.3 Å². The summed E-state index contributed by atoms with van der Waals surface area (Å²) in [4.78, 5) is 35.9. The van der Waals surface area contributed by atoms with E-state index in [2.05, 4.69) is 5.32 Å². The van der Waals surface area contributed by atoms with Crippen LogP contribution in [0.2, 0.25) is 0 Å². The second-order valence-corrected chi connectivity index (χ2v) is 12.5. The quantitative estimate of drug-likeness (QED) is 0.0602. The second-order valence-electron chi connectivity index (χ2n) is 11.5. The van der Waals surface area contributed by atoms with Gasteiger partial charge >= 0.3 is 5.97 Å². The van der Waals surface area contributed by atoms with Crippen molar-refractivity contribution in [3.05, 3.63) is 125 Å². The lowest BCUT2D eigenvalue weighted by Gasteiger charge is -2.36. The van der Waals surface area contributed by atoms with Crippen LogP contribution in [0.1, 0.15) is 70.7 Å². The first kappa shape index (κ1) is 34.8. The van der Waals surface area contributed by atoms with Crippen molar-refractivity contribution in [2.45, 2.75) is 62.2 Å².